The van der Waals surface area contributed by atoms with Gasteiger partial charge >= 0.3 is 0 Å². The van der Waals surface area contributed by atoms with Crippen LogP contribution in [0.5, 0.6) is 0 Å². The first-order valence-corrected chi connectivity index (χ1v) is 8.85. The molecule has 1 unspecified atom stereocenters. The average Bonchev–Trinajstić information content (AvgIpc) is 2.51. The van der Waals surface area contributed by atoms with Crippen LogP contribution in [0.2, 0.25) is 0 Å². The maximum atomic E-state index is 6.56. The van der Waals surface area contributed by atoms with Crippen molar-refractivity contribution in [3.63, 3.8) is 0 Å². The molecule has 2 heteroatoms. The quantitative estimate of drug-likeness (QED) is 0.639. The van der Waals surface area contributed by atoms with Crippen molar-refractivity contribution in [2.24, 2.45) is 5.92 Å². The van der Waals surface area contributed by atoms with Gasteiger partial charge in [-0.3, -0.25) is 0 Å². The van der Waals surface area contributed by atoms with E-state index < -0.39 is 0 Å². The van der Waals surface area contributed by atoms with Gasteiger partial charge in [0.25, 0.3) is 0 Å². The second-order valence-electron chi connectivity index (χ2n) is 6.83. The number of thiol groups is 1. The first kappa shape index (κ1) is 15.7. The van der Waals surface area contributed by atoms with E-state index in [4.69, 9.17) is 4.74 Å². The number of ether oxygens (including phenoxy) is 1. The smallest absolute Gasteiger partial charge is 0.140 e. The molecule has 2 atom stereocenters. The van der Waals surface area contributed by atoms with Crippen LogP contribution >= 0.6 is 12.6 Å². The Labute approximate surface area is 139 Å². The Morgan fingerprint density at radius 1 is 1.23 bits per heavy atom. The Bertz CT molecular complexity index is 591. The van der Waals surface area contributed by atoms with Crippen molar-refractivity contribution >= 4 is 12.6 Å². The fraction of sp³-hybridized carbons (Fsp3) is 0.500. The third-order valence-corrected chi connectivity index (χ3v) is 5.55. The predicted octanol–water partition coefficient (Wildman–Crippen LogP) is 5.89. The van der Waals surface area contributed by atoms with Crippen LogP contribution in [0.15, 0.2) is 58.3 Å². The van der Waals surface area contributed by atoms with Crippen LogP contribution < -0.4 is 0 Å². The van der Waals surface area contributed by atoms with Crippen LogP contribution in [-0.4, -0.2) is 5.60 Å². The summed E-state index contributed by atoms with van der Waals surface area (Å²) in [6.07, 6.45) is 20.0. The standard InChI is InChI=1S/C20H26OS/c1-15-8-7-9-16(14-15)17-10-3-4-11-18(17)21-20(2)13-6-5-12-19(20)22/h5-8,12,14,16,22H,3-4,9-11,13H2,1-2H3/t16?,20-/m0/s1. The van der Waals surface area contributed by atoms with Crippen LogP contribution in [0.25, 0.3) is 0 Å². The minimum atomic E-state index is -0.293. The van der Waals surface area contributed by atoms with E-state index in [-0.39, 0.29) is 5.60 Å². The molecule has 0 amide bonds. The zero-order valence-electron chi connectivity index (χ0n) is 13.6. The molecule has 3 aliphatic rings. The van der Waals surface area contributed by atoms with E-state index in [2.05, 4.69) is 62.9 Å². The molecule has 0 fully saturated rings. The molecular formula is C20H26OS. The normalized spacial score (nSPS) is 31.9. The third-order valence-electron chi connectivity index (χ3n) is 4.93. The lowest BCUT2D eigenvalue weighted by atomic mass is 9.82. The number of rotatable bonds is 3. The maximum absolute atomic E-state index is 6.56. The largest absolute Gasteiger partial charge is 0.486 e. The molecular weight excluding hydrogens is 288 g/mol. The molecule has 118 valence electrons. The van der Waals surface area contributed by atoms with Gasteiger partial charge in [0.2, 0.25) is 0 Å². The minimum Gasteiger partial charge on any atom is -0.486 e. The minimum absolute atomic E-state index is 0.293. The van der Waals surface area contributed by atoms with Gasteiger partial charge < -0.3 is 4.74 Å². The summed E-state index contributed by atoms with van der Waals surface area (Å²) in [5, 5.41) is 0. The summed E-state index contributed by atoms with van der Waals surface area (Å²) in [5.74, 6) is 1.75. The molecule has 0 radical (unpaired) electrons. The highest BCUT2D eigenvalue weighted by Crippen LogP contribution is 2.40. The molecule has 0 aromatic carbocycles. The van der Waals surface area contributed by atoms with Crippen LogP contribution in [0.3, 0.4) is 0 Å². The first-order valence-electron chi connectivity index (χ1n) is 8.41. The molecule has 0 spiro atoms. The Balaban J connectivity index is 1.87. The fourth-order valence-electron chi connectivity index (χ4n) is 3.59. The predicted molar refractivity (Wildman–Crippen MR) is 96.8 cm³/mol. The molecule has 1 nitrogen and oxygen atoms in total. The van der Waals surface area contributed by atoms with Gasteiger partial charge in [0.05, 0.1) is 5.76 Å². The van der Waals surface area contributed by atoms with Crippen LogP contribution in [-0.2, 0) is 4.74 Å². The number of hydrogen-bond acceptors (Lipinski definition) is 2. The topological polar surface area (TPSA) is 9.23 Å². The van der Waals surface area contributed by atoms with Gasteiger partial charge in [-0.1, -0.05) is 36.0 Å². The molecule has 0 bridgehead atoms. The molecule has 0 aliphatic heterocycles. The lowest BCUT2D eigenvalue weighted by Gasteiger charge is -2.36. The van der Waals surface area contributed by atoms with Crippen LogP contribution in [0.1, 0.15) is 52.4 Å². The van der Waals surface area contributed by atoms with Gasteiger partial charge in [-0.2, -0.15) is 0 Å². The lowest BCUT2D eigenvalue weighted by molar-refractivity contribution is 0.0476. The van der Waals surface area contributed by atoms with E-state index in [1.807, 2.05) is 0 Å². The van der Waals surface area contributed by atoms with Crippen molar-refractivity contribution in [1.82, 2.24) is 0 Å². The van der Waals surface area contributed by atoms with Crippen LogP contribution in [0, 0.1) is 5.92 Å². The summed E-state index contributed by atoms with van der Waals surface area (Å²) in [4.78, 5) is 1.03. The molecule has 3 rings (SSSR count). The van der Waals surface area contributed by atoms with E-state index in [0.29, 0.717) is 5.92 Å². The van der Waals surface area contributed by atoms with E-state index in [1.54, 1.807) is 0 Å². The van der Waals surface area contributed by atoms with Crippen molar-refractivity contribution < 1.29 is 4.74 Å². The van der Waals surface area contributed by atoms with Crippen molar-refractivity contribution in [2.75, 3.05) is 0 Å². The second kappa shape index (κ2) is 6.54. The SMILES string of the molecule is CC1=CC(C2=C(O[C@@]3(C)CC=CC=C3S)CCCC2)CC=C1. The second-order valence-corrected chi connectivity index (χ2v) is 7.31. The molecule has 22 heavy (non-hydrogen) atoms. The first-order chi connectivity index (χ1) is 10.6. The zero-order valence-corrected chi connectivity index (χ0v) is 14.5. The summed E-state index contributed by atoms with van der Waals surface area (Å²) >= 11 is 4.65. The highest BCUT2D eigenvalue weighted by Gasteiger charge is 2.32. The molecule has 0 aromatic rings. The van der Waals surface area contributed by atoms with Crippen LogP contribution in [0.4, 0.5) is 0 Å². The van der Waals surface area contributed by atoms with Crippen molar-refractivity contribution in [3.8, 4) is 0 Å². The van der Waals surface area contributed by atoms with Crippen molar-refractivity contribution in [1.29, 1.82) is 0 Å². The molecule has 0 N–H and O–H groups in total. The van der Waals surface area contributed by atoms with Crippen molar-refractivity contribution in [3.05, 3.63) is 58.3 Å². The summed E-state index contributed by atoms with van der Waals surface area (Å²) in [6, 6.07) is 0. The number of hydrogen-bond donors (Lipinski definition) is 1. The van der Waals surface area contributed by atoms with Gasteiger partial charge in [-0.05, 0) is 51.2 Å². The highest BCUT2D eigenvalue weighted by molar-refractivity contribution is 7.84. The molecule has 3 aliphatic carbocycles. The monoisotopic (exact) mass is 314 g/mol. The Kier molecular flexibility index (Phi) is 4.67. The molecule has 0 saturated carbocycles. The fourth-order valence-corrected chi connectivity index (χ4v) is 3.82. The third kappa shape index (κ3) is 3.27. The maximum Gasteiger partial charge on any atom is 0.140 e. The van der Waals surface area contributed by atoms with E-state index in [0.717, 1.165) is 24.2 Å². The summed E-state index contributed by atoms with van der Waals surface area (Å²) in [7, 11) is 0. The Hall–Kier alpha value is -1.15. The summed E-state index contributed by atoms with van der Waals surface area (Å²) in [5.41, 5.74) is 2.60. The van der Waals surface area contributed by atoms with E-state index in [9.17, 15) is 0 Å². The highest BCUT2D eigenvalue weighted by atomic mass is 32.1. The van der Waals surface area contributed by atoms with Gasteiger partial charge in [0.1, 0.15) is 5.60 Å². The Morgan fingerprint density at radius 3 is 2.82 bits per heavy atom. The molecule has 0 aromatic heterocycles. The van der Waals surface area contributed by atoms with Gasteiger partial charge in [-0.25, -0.2) is 0 Å². The van der Waals surface area contributed by atoms with Gasteiger partial charge in [0.15, 0.2) is 0 Å². The average molecular weight is 314 g/mol. The molecule has 0 saturated heterocycles. The number of allylic oxidation sites excluding steroid dienone is 8. The van der Waals surface area contributed by atoms with Gasteiger partial charge in [0, 0.05) is 23.7 Å². The van der Waals surface area contributed by atoms with Crippen molar-refractivity contribution in [2.45, 2.75) is 58.0 Å². The Morgan fingerprint density at radius 2 is 2.05 bits per heavy atom. The molecule has 0 heterocycles. The summed E-state index contributed by atoms with van der Waals surface area (Å²) < 4.78 is 6.56. The van der Waals surface area contributed by atoms with Gasteiger partial charge in [-0.15, -0.1) is 12.6 Å². The van der Waals surface area contributed by atoms with E-state index >= 15 is 0 Å². The lowest BCUT2D eigenvalue weighted by Crippen LogP contribution is -2.31. The summed E-state index contributed by atoms with van der Waals surface area (Å²) in [6.45, 7) is 4.35. The zero-order chi connectivity index (χ0) is 15.6. The van der Waals surface area contributed by atoms with E-state index in [1.165, 1.54) is 36.2 Å².